The zero-order chi connectivity index (χ0) is 11.1. The van der Waals surface area contributed by atoms with Gasteiger partial charge in [0.05, 0.1) is 6.07 Å². The van der Waals surface area contributed by atoms with Crippen molar-refractivity contribution in [2.45, 2.75) is 64.3 Å². The molecule has 1 aliphatic rings. The number of hydrogen-bond donors (Lipinski definition) is 0. The number of unbranched alkanes of at least 4 members (excludes halogenated alkanes) is 3. The maximum Gasteiger partial charge on any atom is 0.106 e. The molecule has 0 aromatic heterocycles. The average molecular weight is 208 g/mol. The molecule has 0 aliphatic carbocycles. The van der Waals surface area contributed by atoms with Gasteiger partial charge in [0.15, 0.2) is 0 Å². The van der Waals surface area contributed by atoms with Gasteiger partial charge in [0.25, 0.3) is 0 Å². The van der Waals surface area contributed by atoms with Gasteiger partial charge in [-0.25, -0.2) is 0 Å². The molecule has 1 rings (SSSR count). The van der Waals surface area contributed by atoms with Crippen molar-refractivity contribution in [3.05, 3.63) is 0 Å². The topological polar surface area (TPSA) is 27.0 Å². The minimum Gasteiger partial charge on any atom is -0.286 e. The first kappa shape index (κ1) is 12.5. The van der Waals surface area contributed by atoms with Gasteiger partial charge in [0, 0.05) is 0 Å². The fourth-order valence-electron chi connectivity index (χ4n) is 2.39. The van der Waals surface area contributed by atoms with E-state index in [-0.39, 0.29) is 5.54 Å². The fourth-order valence-corrected chi connectivity index (χ4v) is 2.39. The molecule has 1 saturated heterocycles. The number of hydrogen-bond acceptors (Lipinski definition) is 2. The quantitative estimate of drug-likeness (QED) is 0.626. The summed E-state index contributed by atoms with van der Waals surface area (Å²) >= 11 is 0. The van der Waals surface area contributed by atoms with E-state index in [2.05, 4.69) is 24.8 Å². The van der Waals surface area contributed by atoms with Crippen molar-refractivity contribution in [2.24, 2.45) is 0 Å². The van der Waals surface area contributed by atoms with Crippen LogP contribution >= 0.6 is 0 Å². The summed E-state index contributed by atoms with van der Waals surface area (Å²) in [6.45, 7) is 6.59. The monoisotopic (exact) mass is 208 g/mol. The lowest BCUT2D eigenvalue weighted by Gasteiger charge is -2.32. The summed E-state index contributed by atoms with van der Waals surface area (Å²) in [5, 5.41) is 9.31. The maximum absolute atomic E-state index is 9.31. The van der Waals surface area contributed by atoms with Gasteiger partial charge in [-0.05, 0) is 39.3 Å². The Balaban J connectivity index is 2.35. The van der Waals surface area contributed by atoms with Crippen LogP contribution < -0.4 is 0 Å². The largest absolute Gasteiger partial charge is 0.286 e. The highest BCUT2D eigenvalue weighted by atomic mass is 15.2. The number of likely N-dealkylation sites (tertiary alicyclic amines) is 1. The average Bonchev–Trinajstić information content (AvgIpc) is 2.78. The summed E-state index contributed by atoms with van der Waals surface area (Å²) < 4.78 is 0. The highest BCUT2D eigenvalue weighted by Gasteiger charge is 2.32. The first-order valence-electron chi connectivity index (χ1n) is 6.39. The number of nitrogens with zero attached hydrogens (tertiary/aromatic N) is 2. The molecule has 0 spiro atoms. The highest BCUT2D eigenvalue weighted by Crippen LogP contribution is 2.26. The summed E-state index contributed by atoms with van der Waals surface area (Å²) in [4.78, 5) is 2.37. The summed E-state index contributed by atoms with van der Waals surface area (Å²) in [5.41, 5.74) is -0.190. The van der Waals surface area contributed by atoms with Crippen molar-refractivity contribution in [2.75, 3.05) is 13.1 Å². The highest BCUT2D eigenvalue weighted by molar-refractivity contribution is 5.06. The SMILES string of the molecule is CCCCCCC(C)(C#N)N1CCCC1. The van der Waals surface area contributed by atoms with E-state index in [4.69, 9.17) is 0 Å². The first-order chi connectivity index (χ1) is 7.23. The molecule has 0 saturated carbocycles. The second kappa shape index (κ2) is 6.12. The molecule has 1 atom stereocenters. The van der Waals surface area contributed by atoms with Crippen molar-refractivity contribution in [3.63, 3.8) is 0 Å². The van der Waals surface area contributed by atoms with Crippen molar-refractivity contribution in [1.82, 2.24) is 4.90 Å². The summed E-state index contributed by atoms with van der Waals surface area (Å²) in [6, 6.07) is 2.52. The molecule has 1 heterocycles. The molecule has 1 unspecified atom stereocenters. The molecule has 0 aromatic rings. The molecule has 0 radical (unpaired) electrons. The molecule has 1 aliphatic heterocycles. The van der Waals surface area contributed by atoms with Crippen LogP contribution in [0.15, 0.2) is 0 Å². The second-order valence-corrected chi connectivity index (χ2v) is 4.89. The summed E-state index contributed by atoms with van der Waals surface area (Å²) in [6.07, 6.45) is 8.65. The van der Waals surface area contributed by atoms with Crippen LogP contribution in [-0.4, -0.2) is 23.5 Å². The Hall–Kier alpha value is -0.550. The lowest BCUT2D eigenvalue weighted by atomic mass is 9.94. The Bertz CT molecular complexity index is 213. The van der Waals surface area contributed by atoms with E-state index in [0.29, 0.717) is 0 Å². The molecule has 0 bridgehead atoms. The van der Waals surface area contributed by atoms with Gasteiger partial charge in [-0.3, -0.25) is 4.90 Å². The van der Waals surface area contributed by atoms with Crippen LogP contribution in [0.4, 0.5) is 0 Å². The summed E-state index contributed by atoms with van der Waals surface area (Å²) in [5.74, 6) is 0. The minimum absolute atomic E-state index is 0.190. The molecule has 86 valence electrons. The summed E-state index contributed by atoms with van der Waals surface area (Å²) in [7, 11) is 0. The van der Waals surface area contributed by atoms with Crippen LogP contribution in [0.25, 0.3) is 0 Å². The maximum atomic E-state index is 9.31. The van der Waals surface area contributed by atoms with Crippen LogP contribution in [0, 0.1) is 11.3 Å². The Morgan fingerprint density at radius 3 is 2.40 bits per heavy atom. The zero-order valence-corrected chi connectivity index (χ0v) is 10.3. The van der Waals surface area contributed by atoms with Gasteiger partial charge in [0.1, 0.15) is 5.54 Å². The molecular formula is C13H24N2. The van der Waals surface area contributed by atoms with E-state index >= 15 is 0 Å². The van der Waals surface area contributed by atoms with Crippen molar-refractivity contribution in [1.29, 1.82) is 5.26 Å². The molecule has 1 fully saturated rings. The van der Waals surface area contributed by atoms with Crippen LogP contribution in [0.1, 0.15) is 58.8 Å². The van der Waals surface area contributed by atoms with Gasteiger partial charge in [0.2, 0.25) is 0 Å². The van der Waals surface area contributed by atoms with Crippen molar-refractivity contribution in [3.8, 4) is 6.07 Å². The standard InChI is InChI=1S/C13H24N2/c1-3-4-5-6-9-13(2,12-14)15-10-7-8-11-15/h3-11H2,1-2H3. The number of nitriles is 1. The zero-order valence-electron chi connectivity index (χ0n) is 10.3. The molecule has 2 nitrogen and oxygen atoms in total. The Labute approximate surface area is 94.3 Å². The first-order valence-corrected chi connectivity index (χ1v) is 6.39. The van der Waals surface area contributed by atoms with Gasteiger partial charge < -0.3 is 0 Å². The van der Waals surface area contributed by atoms with Crippen LogP contribution in [0.3, 0.4) is 0 Å². The molecule has 2 heteroatoms. The minimum atomic E-state index is -0.190. The molecule has 15 heavy (non-hydrogen) atoms. The Kier molecular flexibility index (Phi) is 5.11. The fraction of sp³-hybridized carbons (Fsp3) is 0.923. The van der Waals surface area contributed by atoms with E-state index in [0.717, 1.165) is 19.5 Å². The molecular weight excluding hydrogens is 184 g/mol. The van der Waals surface area contributed by atoms with E-state index in [9.17, 15) is 5.26 Å². The smallest absolute Gasteiger partial charge is 0.106 e. The second-order valence-electron chi connectivity index (χ2n) is 4.89. The van der Waals surface area contributed by atoms with E-state index in [1.807, 2.05) is 0 Å². The van der Waals surface area contributed by atoms with Crippen molar-refractivity contribution >= 4 is 0 Å². The van der Waals surface area contributed by atoms with Crippen LogP contribution in [0.5, 0.6) is 0 Å². The Morgan fingerprint density at radius 2 is 1.87 bits per heavy atom. The van der Waals surface area contributed by atoms with Gasteiger partial charge in [-0.15, -0.1) is 0 Å². The predicted octanol–water partition coefficient (Wildman–Crippen LogP) is 3.33. The third kappa shape index (κ3) is 3.50. The van der Waals surface area contributed by atoms with Gasteiger partial charge >= 0.3 is 0 Å². The molecule has 0 aromatic carbocycles. The van der Waals surface area contributed by atoms with Gasteiger partial charge in [-0.1, -0.05) is 32.6 Å². The lowest BCUT2D eigenvalue weighted by molar-refractivity contribution is 0.176. The van der Waals surface area contributed by atoms with Crippen LogP contribution in [-0.2, 0) is 0 Å². The molecule has 0 N–H and O–H groups in total. The third-order valence-electron chi connectivity index (χ3n) is 3.56. The predicted molar refractivity (Wildman–Crippen MR) is 63.6 cm³/mol. The van der Waals surface area contributed by atoms with E-state index < -0.39 is 0 Å². The van der Waals surface area contributed by atoms with E-state index in [1.54, 1.807) is 0 Å². The normalized spacial score (nSPS) is 21.1. The van der Waals surface area contributed by atoms with Crippen LogP contribution in [0.2, 0.25) is 0 Å². The lowest BCUT2D eigenvalue weighted by Crippen LogP contribution is -2.43. The number of rotatable bonds is 6. The van der Waals surface area contributed by atoms with E-state index in [1.165, 1.54) is 38.5 Å². The molecule has 0 amide bonds. The Morgan fingerprint density at radius 1 is 1.20 bits per heavy atom. The van der Waals surface area contributed by atoms with Crippen molar-refractivity contribution < 1.29 is 0 Å². The third-order valence-corrected chi connectivity index (χ3v) is 3.56. The van der Waals surface area contributed by atoms with Gasteiger partial charge in [-0.2, -0.15) is 5.26 Å².